The SMILES string of the molecule is CC(C)Cc1cncn1CI. The van der Waals surface area contributed by atoms with E-state index in [1.165, 1.54) is 5.69 Å². The fourth-order valence-corrected chi connectivity index (χ4v) is 1.66. The Morgan fingerprint density at radius 3 is 2.91 bits per heavy atom. The molecule has 0 unspecified atom stereocenters. The Hall–Kier alpha value is -0.0600. The second-order valence-corrected chi connectivity index (χ2v) is 3.75. The highest BCUT2D eigenvalue weighted by Crippen LogP contribution is 2.08. The zero-order valence-corrected chi connectivity index (χ0v) is 9.08. The van der Waals surface area contributed by atoms with Gasteiger partial charge in [-0.05, 0) is 12.3 Å². The molecule has 1 aromatic heterocycles. The summed E-state index contributed by atoms with van der Waals surface area (Å²) < 4.78 is 3.18. The lowest BCUT2D eigenvalue weighted by atomic mass is 10.1. The molecular formula is C8H13IN2. The number of hydrogen-bond acceptors (Lipinski definition) is 1. The number of hydrogen-bond donors (Lipinski definition) is 0. The summed E-state index contributed by atoms with van der Waals surface area (Å²) in [6.45, 7) is 4.45. The minimum Gasteiger partial charge on any atom is -0.325 e. The van der Waals surface area contributed by atoms with E-state index in [4.69, 9.17) is 0 Å². The second-order valence-electron chi connectivity index (χ2n) is 3.07. The van der Waals surface area contributed by atoms with E-state index in [0.29, 0.717) is 5.92 Å². The van der Waals surface area contributed by atoms with Gasteiger partial charge in [-0.15, -0.1) is 0 Å². The van der Waals surface area contributed by atoms with Crippen molar-refractivity contribution >= 4 is 22.6 Å². The lowest BCUT2D eigenvalue weighted by Crippen LogP contribution is -2.01. The molecule has 0 fully saturated rings. The van der Waals surface area contributed by atoms with Crippen molar-refractivity contribution in [1.29, 1.82) is 0 Å². The molecule has 0 N–H and O–H groups in total. The van der Waals surface area contributed by atoms with Gasteiger partial charge in [0, 0.05) is 11.9 Å². The van der Waals surface area contributed by atoms with E-state index < -0.39 is 0 Å². The highest BCUT2D eigenvalue weighted by atomic mass is 127. The molecule has 11 heavy (non-hydrogen) atoms. The summed E-state index contributed by atoms with van der Waals surface area (Å²) in [5, 5.41) is 0. The molecule has 0 spiro atoms. The monoisotopic (exact) mass is 264 g/mol. The van der Waals surface area contributed by atoms with E-state index in [0.717, 1.165) is 11.0 Å². The molecule has 1 aromatic rings. The molecule has 0 radical (unpaired) electrons. The van der Waals surface area contributed by atoms with Crippen LogP contribution in [0.3, 0.4) is 0 Å². The number of halogens is 1. The van der Waals surface area contributed by atoms with E-state index in [1.54, 1.807) is 0 Å². The van der Waals surface area contributed by atoms with Crippen LogP contribution in [0.1, 0.15) is 19.5 Å². The first-order chi connectivity index (χ1) is 5.24. The highest BCUT2D eigenvalue weighted by Gasteiger charge is 2.02. The predicted molar refractivity (Wildman–Crippen MR) is 54.8 cm³/mol. The van der Waals surface area contributed by atoms with Gasteiger partial charge in [0.15, 0.2) is 0 Å². The first-order valence-electron chi connectivity index (χ1n) is 3.79. The van der Waals surface area contributed by atoms with Gasteiger partial charge in [0.2, 0.25) is 0 Å². The number of nitrogens with zero attached hydrogens (tertiary/aromatic N) is 2. The van der Waals surface area contributed by atoms with Crippen molar-refractivity contribution in [2.75, 3.05) is 0 Å². The Morgan fingerprint density at radius 1 is 1.64 bits per heavy atom. The molecule has 3 heteroatoms. The van der Waals surface area contributed by atoms with Crippen molar-refractivity contribution in [3.05, 3.63) is 18.2 Å². The average molecular weight is 264 g/mol. The third-order valence-corrected chi connectivity index (χ3v) is 2.28. The number of rotatable bonds is 3. The van der Waals surface area contributed by atoms with Crippen LogP contribution in [0.4, 0.5) is 0 Å². The van der Waals surface area contributed by atoms with E-state index in [-0.39, 0.29) is 0 Å². The molecule has 0 saturated carbocycles. The minimum atomic E-state index is 0.716. The zero-order chi connectivity index (χ0) is 8.27. The Labute approximate surface area is 81.2 Å². The Morgan fingerprint density at radius 2 is 2.36 bits per heavy atom. The van der Waals surface area contributed by atoms with Gasteiger partial charge in [-0.3, -0.25) is 0 Å². The fourth-order valence-electron chi connectivity index (χ4n) is 1.04. The van der Waals surface area contributed by atoms with Crippen LogP contribution >= 0.6 is 22.6 Å². The third kappa shape index (κ3) is 2.47. The first-order valence-corrected chi connectivity index (χ1v) is 5.31. The minimum absolute atomic E-state index is 0.716. The van der Waals surface area contributed by atoms with Crippen LogP contribution in [0.2, 0.25) is 0 Å². The number of imidazole rings is 1. The fraction of sp³-hybridized carbons (Fsp3) is 0.625. The predicted octanol–water partition coefficient (Wildman–Crippen LogP) is 2.47. The normalized spacial score (nSPS) is 10.9. The van der Waals surface area contributed by atoms with Crippen LogP contribution < -0.4 is 0 Å². The van der Waals surface area contributed by atoms with Gasteiger partial charge < -0.3 is 4.57 Å². The summed E-state index contributed by atoms with van der Waals surface area (Å²) in [6, 6.07) is 0. The van der Waals surface area contributed by atoms with Gasteiger partial charge in [0.05, 0.1) is 10.9 Å². The van der Waals surface area contributed by atoms with Crippen molar-refractivity contribution < 1.29 is 0 Å². The van der Waals surface area contributed by atoms with Crippen molar-refractivity contribution in [3.63, 3.8) is 0 Å². The molecule has 0 saturated heterocycles. The van der Waals surface area contributed by atoms with Gasteiger partial charge in [0.25, 0.3) is 0 Å². The molecule has 62 valence electrons. The van der Waals surface area contributed by atoms with Crippen LogP contribution in [0.15, 0.2) is 12.5 Å². The molecule has 0 bridgehead atoms. The van der Waals surface area contributed by atoms with Gasteiger partial charge in [-0.25, -0.2) is 4.98 Å². The number of aromatic nitrogens is 2. The van der Waals surface area contributed by atoms with Crippen molar-refractivity contribution in [2.45, 2.75) is 24.8 Å². The first kappa shape index (κ1) is 9.03. The smallest absolute Gasteiger partial charge is 0.0955 e. The average Bonchev–Trinajstić information content (AvgIpc) is 2.34. The van der Waals surface area contributed by atoms with Crippen LogP contribution in [-0.2, 0) is 11.0 Å². The van der Waals surface area contributed by atoms with Gasteiger partial charge in [0.1, 0.15) is 0 Å². The second kappa shape index (κ2) is 4.09. The quantitative estimate of drug-likeness (QED) is 0.605. The zero-order valence-electron chi connectivity index (χ0n) is 6.92. The highest BCUT2D eigenvalue weighted by molar-refractivity contribution is 14.1. The molecule has 1 heterocycles. The lowest BCUT2D eigenvalue weighted by Gasteiger charge is -2.05. The van der Waals surface area contributed by atoms with E-state index in [9.17, 15) is 0 Å². The molecule has 2 nitrogen and oxygen atoms in total. The maximum Gasteiger partial charge on any atom is 0.0955 e. The Balaban J connectivity index is 2.68. The van der Waals surface area contributed by atoms with Crippen LogP contribution in [0.25, 0.3) is 0 Å². The number of alkyl halides is 1. The third-order valence-electron chi connectivity index (χ3n) is 1.54. The standard InChI is InChI=1S/C8H13IN2/c1-7(2)3-8-4-10-6-11(8)5-9/h4,6-7H,3,5H2,1-2H3. The van der Waals surface area contributed by atoms with Crippen molar-refractivity contribution in [3.8, 4) is 0 Å². The maximum absolute atomic E-state index is 4.10. The van der Waals surface area contributed by atoms with Gasteiger partial charge in [-0.1, -0.05) is 36.4 Å². The molecule has 0 aromatic carbocycles. The van der Waals surface area contributed by atoms with Gasteiger partial charge >= 0.3 is 0 Å². The van der Waals surface area contributed by atoms with E-state index in [1.807, 2.05) is 12.5 Å². The van der Waals surface area contributed by atoms with Crippen LogP contribution in [0, 0.1) is 5.92 Å². The summed E-state index contributed by atoms with van der Waals surface area (Å²) in [4.78, 5) is 4.10. The Bertz CT molecular complexity index is 218. The summed E-state index contributed by atoms with van der Waals surface area (Å²) in [5.74, 6) is 0.716. The summed E-state index contributed by atoms with van der Waals surface area (Å²) >= 11 is 2.35. The molecule has 0 aliphatic rings. The van der Waals surface area contributed by atoms with Crippen molar-refractivity contribution in [2.24, 2.45) is 5.92 Å². The molecular weight excluding hydrogens is 251 g/mol. The van der Waals surface area contributed by atoms with E-state index >= 15 is 0 Å². The molecule has 1 rings (SSSR count). The molecule has 0 atom stereocenters. The van der Waals surface area contributed by atoms with Gasteiger partial charge in [-0.2, -0.15) is 0 Å². The van der Waals surface area contributed by atoms with E-state index in [2.05, 4.69) is 46.0 Å². The molecule has 0 aliphatic heterocycles. The summed E-state index contributed by atoms with van der Waals surface area (Å²) in [7, 11) is 0. The lowest BCUT2D eigenvalue weighted by molar-refractivity contribution is 0.616. The molecule has 0 amide bonds. The Kier molecular flexibility index (Phi) is 3.36. The topological polar surface area (TPSA) is 17.8 Å². The van der Waals surface area contributed by atoms with Crippen LogP contribution in [-0.4, -0.2) is 9.55 Å². The largest absolute Gasteiger partial charge is 0.325 e. The van der Waals surface area contributed by atoms with Crippen molar-refractivity contribution in [1.82, 2.24) is 9.55 Å². The molecule has 0 aliphatic carbocycles. The van der Waals surface area contributed by atoms with Crippen LogP contribution in [0.5, 0.6) is 0 Å². The summed E-state index contributed by atoms with van der Waals surface area (Å²) in [5.41, 5.74) is 1.34. The summed E-state index contributed by atoms with van der Waals surface area (Å²) in [6.07, 6.45) is 4.98. The maximum atomic E-state index is 4.10.